The van der Waals surface area contributed by atoms with Crippen LogP contribution in [-0.4, -0.2) is 34.6 Å². The molecule has 0 heterocycles. The minimum atomic E-state index is -1.31. The number of carbonyl (C=O) groups excluding carboxylic acids is 2. The molecule has 1 unspecified atom stereocenters. The van der Waals surface area contributed by atoms with Gasteiger partial charge in [-0.25, -0.2) is 9.59 Å². The molecule has 0 rings (SSSR count). The Labute approximate surface area is 106 Å². The maximum atomic E-state index is 11.6. The molecule has 0 radical (unpaired) electrons. The number of primary amides is 1. The number of carboxylic acid groups (broad SMARTS) is 1. The number of amides is 3. The van der Waals surface area contributed by atoms with Crippen LogP contribution in [0.15, 0.2) is 0 Å². The van der Waals surface area contributed by atoms with Gasteiger partial charge in [0.2, 0.25) is 5.91 Å². The zero-order chi connectivity index (χ0) is 14.3. The predicted molar refractivity (Wildman–Crippen MR) is 65.9 cm³/mol. The normalized spacial score (nSPS) is 12.6. The van der Waals surface area contributed by atoms with E-state index in [9.17, 15) is 14.4 Å². The SMILES string of the molecule is CCC(C)(CC)NC(=O)NC(CC(N)=O)C(=O)O. The van der Waals surface area contributed by atoms with Crippen LogP contribution in [0.3, 0.4) is 0 Å². The van der Waals surface area contributed by atoms with Crippen molar-refractivity contribution in [3.8, 4) is 0 Å². The monoisotopic (exact) mass is 259 g/mol. The standard InChI is InChI=1S/C11H21N3O4/c1-4-11(3,5-2)14-10(18)13-7(9(16)17)6-8(12)15/h7H,4-6H2,1-3H3,(H2,12,15)(H,16,17)(H2,13,14,18). The molecule has 18 heavy (non-hydrogen) atoms. The number of nitrogens with one attached hydrogen (secondary N) is 2. The van der Waals surface area contributed by atoms with Crippen LogP contribution in [-0.2, 0) is 9.59 Å². The van der Waals surface area contributed by atoms with Crippen molar-refractivity contribution in [1.29, 1.82) is 0 Å². The molecule has 0 spiro atoms. The van der Waals surface area contributed by atoms with Crippen LogP contribution in [0.5, 0.6) is 0 Å². The molecule has 0 aromatic rings. The number of hydrogen-bond acceptors (Lipinski definition) is 3. The van der Waals surface area contributed by atoms with Crippen LogP contribution in [0.25, 0.3) is 0 Å². The van der Waals surface area contributed by atoms with E-state index in [1.807, 2.05) is 20.8 Å². The Kier molecular flexibility index (Phi) is 6.15. The minimum absolute atomic E-state index is 0.403. The molecule has 0 saturated heterocycles. The summed E-state index contributed by atoms with van der Waals surface area (Å²) < 4.78 is 0. The Morgan fingerprint density at radius 2 is 1.78 bits per heavy atom. The molecular weight excluding hydrogens is 238 g/mol. The van der Waals surface area contributed by atoms with Crippen molar-refractivity contribution < 1.29 is 19.5 Å². The largest absolute Gasteiger partial charge is 0.480 e. The van der Waals surface area contributed by atoms with Crippen LogP contribution < -0.4 is 16.4 Å². The summed E-state index contributed by atoms with van der Waals surface area (Å²) in [5.41, 5.74) is 4.51. The van der Waals surface area contributed by atoms with Crippen molar-refractivity contribution in [2.75, 3.05) is 0 Å². The lowest BCUT2D eigenvalue weighted by Gasteiger charge is -2.29. The fourth-order valence-corrected chi connectivity index (χ4v) is 1.30. The van der Waals surface area contributed by atoms with Gasteiger partial charge in [0.05, 0.1) is 6.42 Å². The van der Waals surface area contributed by atoms with Gasteiger partial charge in [0, 0.05) is 5.54 Å². The molecule has 104 valence electrons. The summed E-state index contributed by atoms with van der Waals surface area (Å²) in [6, 6.07) is -1.92. The Morgan fingerprint density at radius 1 is 1.28 bits per heavy atom. The first-order chi connectivity index (χ1) is 8.24. The lowest BCUT2D eigenvalue weighted by Crippen LogP contribution is -2.54. The zero-order valence-corrected chi connectivity index (χ0v) is 10.9. The first-order valence-electron chi connectivity index (χ1n) is 5.84. The molecule has 0 aliphatic rings. The maximum Gasteiger partial charge on any atom is 0.326 e. The van der Waals surface area contributed by atoms with E-state index in [1.54, 1.807) is 0 Å². The smallest absolute Gasteiger partial charge is 0.326 e. The Hall–Kier alpha value is -1.79. The van der Waals surface area contributed by atoms with Crippen LogP contribution in [0, 0.1) is 0 Å². The van der Waals surface area contributed by atoms with Crippen molar-refractivity contribution in [2.45, 2.75) is 51.6 Å². The highest BCUT2D eigenvalue weighted by Crippen LogP contribution is 2.13. The molecule has 7 nitrogen and oxygen atoms in total. The highest BCUT2D eigenvalue weighted by atomic mass is 16.4. The number of nitrogens with two attached hydrogens (primary N) is 1. The average Bonchev–Trinajstić information content (AvgIpc) is 2.27. The first-order valence-corrected chi connectivity index (χ1v) is 5.84. The number of hydrogen-bond donors (Lipinski definition) is 4. The Balaban J connectivity index is 4.52. The van der Waals surface area contributed by atoms with Gasteiger partial charge in [-0.2, -0.15) is 0 Å². The van der Waals surface area contributed by atoms with E-state index in [1.165, 1.54) is 0 Å². The fraction of sp³-hybridized carbons (Fsp3) is 0.727. The van der Waals surface area contributed by atoms with Gasteiger partial charge in [-0.3, -0.25) is 4.79 Å². The van der Waals surface area contributed by atoms with E-state index in [0.29, 0.717) is 12.8 Å². The Morgan fingerprint density at radius 3 is 2.11 bits per heavy atom. The highest BCUT2D eigenvalue weighted by Gasteiger charge is 2.26. The second-order valence-corrected chi connectivity index (χ2v) is 4.43. The molecule has 3 amide bonds. The molecule has 0 aromatic carbocycles. The number of rotatable bonds is 7. The molecule has 0 aliphatic carbocycles. The molecule has 0 aliphatic heterocycles. The summed E-state index contributed by atoms with van der Waals surface area (Å²) in [4.78, 5) is 33.1. The fourth-order valence-electron chi connectivity index (χ4n) is 1.30. The third-order valence-electron chi connectivity index (χ3n) is 2.98. The van der Waals surface area contributed by atoms with Crippen LogP contribution >= 0.6 is 0 Å². The molecule has 0 saturated carbocycles. The molecule has 5 N–H and O–H groups in total. The van der Waals surface area contributed by atoms with E-state index in [0.717, 1.165) is 0 Å². The molecule has 0 aromatic heterocycles. The van der Waals surface area contributed by atoms with E-state index >= 15 is 0 Å². The van der Waals surface area contributed by atoms with Gasteiger partial charge in [0.25, 0.3) is 0 Å². The van der Waals surface area contributed by atoms with E-state index < -0.39 is 35.9 Å². The number of urea groups is 1. The van der Waals surface area contributed by atoms with Crippen molar-refractivity contribution in [3.05, 3.63) is 0 Å². The quantitative estimate of drug-likeness (QED) is 0.521. The summed E-state index contributed by atoms with van der Waals surface area (Å²) in [5, 5.41) is 13.7. The van der Waals surface area contributed by atoms with Crippen molar-refractivity contribution >= 4 is 17.9 Å². The van der Waals surface area contributed by atoms with E-state index in [2.05, 4.69) is 10.6 Å². The van der Waals surface area contributed by atoms with Crippen LogP contribution in [0.4, 0.5) is 4.79 Å². The number of carbonyl (C=O) groups is 3. The molecule has 7 heteroatoms. The summed E-state index contributed by atoms with van der Waals surface area (Å²) in [6.07, 6.45) is 0.993. The van der Waals surface area contributed by atoms with Crippen molar-refractivity contribution in [2.24, 2.45) is 5.73 Å². The lowest BCUT2D eigenvalue weighted by molar-refractivity contribution is -0.140. The van der Waals surface area contributed by atoms with Crippen molar-refractivity contribution in [1.82, 2.24) is 10.6 Å². The second-order valence-electron chi connectivity index (χ2n) is 4.43. The second kappa shape index (κ2) is 6.83. The maximum absolute atomic E-state index is 11.6. The van der Waals surface area contributed by atoms with E-state index in [-0.39, 0.29) is 0 Å². The third-order valence-corrected chi connectivity index (χ3v) is 2.98. The molecule has 0 fully saturated rings. The molecule has 1 atom stereocenters. The van der Waals surface area contributed by atoms with Gasteiger partial charge in [-0.1, -0.05) is 13.8 Å². The van der Waals surface area contributed by atoms with Gasteiger partial charge in [0.1, 0.15) is 6.04 Å². The minimum Gasteiger partial charge on any atom is -0.480 e. The Bertz CT molecular complexity index is 326. The molecular formula is C11H21N3O4. The number of carboxylic acids is 1. The van der Waals surface area contributed by atoms with Gasteiger partial charge in [-0.05, 0) is 19.8 Å². The molecule has 0 bridgehead atoms. The number of aliphatic carboxylic acids is 1. The topological polar surface area (TPSA) is 122 Å². The summed E-state index contributed by atoms with van der Waals surface area (Å²) in [6.45, 7) is 5.69. The summed E-state index contributed by atoms with van der Waals surface area (Å²) >= 11 is 0. The summed E-state index contributed by atoms with van der Waals surface area (Å²) in [5.74, 6) is -2.07. The summed E-state index contributed by atoms with van der Waals surface area (Å²) in [7, 11) is 0. The van der Waals surface area contributed by atoms with Crippen LogP contribution in [0.1, 0.15) is 40.0 Å². The van der Waals surface area contributed by atoms with Gasteiger partial charge in [0.15, 0.2) is 0 Å². The van der Waals surface area contributed by atoms with E-state index in [4.69, 9.17) is 10.8 Å². The van der Waals surface area contributed by atoms with Gasteiger partial charge >= 0.3 is 12.0 Å². The highest BCUT2D eigenvalue weighted by molar-refractivity contribution is 5.87. The first kappa shape index (κ1) is 16.2. The van der Waals surface area contributed by atoms with Crippen molar-refractivity contribution in [3.63, 3.8) is 0 Å². The van der Waals surface area contributed by atoms with Gasteiger partial charge < -0.3 is 21.5 Å². The zero-order valence-electron chi connectivity index (χ0n) is 10.9. The van der Waals surface area contributed by atoms with Gasteiger partial charge in [-0.15, -0.1) is 0 Å². The lowest BCUT2D eigenvalue weighted by atomic mass is 9.96. The third kappa shape index (κ3) is 5.51. The average molecular weight is 259 g/mol. The van der Waals surface area contributed by atoms with Crippen LogP contribution in [0.2, 0.25) is 0 Å². The predicted octanol–water partition coefficient (Wildman–Crippen LogP) is 0.193.